The van der Waals surface area contributed by atoms with Gasteiger partial charge in [0.05, 0.1) is 12.5 Å². The monoisotopic (exact) mass is 696 g/mol. The Morgan fingerprint density at radius 2 is 0.898 bits per heavy atom. The minimum absolute atomic E-state index is 0.0556. The topological polar surface area (TPSA) is 59.0 Å². The van der Waals surface area contributed by atoms with Crippen LogP contribution in [-0.4, -0.2) is 62.0 Å². The third kappa shape index (κ3) is 34.2. The normalized spacial score (nSPS) is 12.9. The van der Waals surface area contributed by atoms with Crippen LogP contribution in [0.15, 0.2) is 0 Å². The summed E-state index contributed by atoms with van der Waals surface area (Å²) in [5.41, 5.74) is 0. The SMILES string of the molecule is CCCCCCCCC(CCCCCC)COCCCCN(CCCCO)CCCCOC(=O)C(CCCCCC)CCCCCCCC. The summed E-state index contributed by atoms with van der Waals surface area (Å²) in [4.78, 5) is 15.6. The Kier molecular flexibility index (Phi) is 39.6. The Hall–Kier alpha value is -0.650. The zero-order valence-corrected chi connectivity index (χ0v) is 33.9. The summed E-state index contributed by atoms with van der Waals surface area (Å²) in [6.07, 6.45) is 37.0. The standard InChI is InChI=1S/C44H89NO4/c1-5-9-13-17-19-22-32-42(31-21-15-11-7-3)41-48-39-29-26-36-45(35-25-28-38-46)37-27-30-40-49-44(47)43(33-23-16-12-8-4)34-24-20-18-14-10-6-2/h42-43,46H,5-41H2,1-4H3. The highest BCUT2D eigenvalue weighted by atomic mass is 16.5. The number of aliphatic hydroxyl groups excluding tert-OH is 1. The van der Waals surface area contributed by atoms with Crippen molar-refractivity contribution in [2.45, 2.75) is 220 Å². The largest absolute Gasteiger partial charge is 0.465 e. The minimum Gasteiger partial charge on any atom is -0.465 e. The van der Waals surface area contributed by atoms with Gasteiger partial charge in [0, 0.05) is 19.8 Å². The van der Waals surface area contributed by atoms with Crippen molar-refractivity contribution in [3.05, 3.63) is 0 Å². The van der Waals surface area contributed by atoms with E-state index in [2.05, 4.69) is 32.6 Å². The summed E-state index contributed by atoms with van der Waals surface area (Å²) in [6.45, 7) is 14.9. The van der Waals surface area contributed by atoms with Crippen LogP contribution in [-0.2, 0) is 14.3 Å². The summed E-state index contributed by atoms with van der Waals surface area (Å²) in [7, 11) is 0. The molecule has 0 aromatic rings. The van der Waals surface area contributed by atoms with Gasteiger partial charge in [-0.25, -0.2) is 0 Å². The molecule has 2 unspecified atom stereocenters. The fourth-order valence-electron chi connectivity index (χ4n) is 7.05. The highest BCUT2D eigenvalue weighted by Crippen LogP contribution is 2.22. The number of rotatable bonds is 41. The van der Waals surface area contributed by atoms with E-state index in [-0.39, 0.29) is 18.5 Å². The van der Waals surface area contributed by atoms with Gasteiger partial charge in [-0.1, -0.05) is 156 Å². The second-order valence-corrected chi connectivity index (χ2v) is 15.3. The van der Waals surface area contributed by atoms with Gasteiger partial charge in [0.2, 0.25) is 0 Å². The van der Waals surface area contributed by atoms with Crippen molar-refractivity contribution in [3.63, 3.8) is 0 Å². The zero-order valence-electron chi connectivity index (χ0n) is 33.9. The van der Waals surface area contributed by atoms with Crippen LogP contribution >= 0.6 is 0 Å². The zero-order chi connectivity index (χ0) is 35.9. The van der Waals surface area contributed by atoms with Crippen LogP contribution < -0.4 is 0 Å². The van der Waals surface area contributed by atoms with E-state index >= 15 is 0 Å². The maximum atomic E-state index is 13.0. The summed E-state index contributed by atoms with van der Waals surface area (Å²) in [5.74, 6) is 0.881. The van der Waals surface area contributed by atoms with E-state index in [1.165, 1.54) is 128 Å². The maximum absolute atomic E-state index is 13.0. The molecule has 0 aliphatic heterocycles. The number of ether oxygens (including phenoxy) is 2. The molecule has 0 saturated carbocycles. The van der Waals surface area contributed by atoms with Crippen LogP contribution in [0.1, 0.15) is 220 Å². The lowest BCUT2D eigenvalue weighted by Crippen LogP contribution is -2.28. The van der Waals surface area contributed by atoms with Gasteiger partial charge in [-0.3, -0.25) is 4.79 Å². The molecule has 0 amide bonds. The fraction of sp³-hybridized carbons (Fsp3) is 0.977. The first kappa shape index (κ1) is 48.3. The maximum Gasteiger partial charge on any atom is 0.308 e. The number of esters is 1. The molecule has 5 nitrogen and oxygen atoms in total. The molecule has 5 heteroatoms. The van der Waals surface area contributed by atoms with Crippen LogP contribution in [0, 0.1) is 11.8 Å². The predicted molar refractivity (Wildman–Crippen MR) is 213 cm³/mol. The van der Waals surface area contributed by atoms with Gasteiger partial charge < -0.3 is 19.5 Å². The molecular formula is C44H89NO4. The van der Waals surface area contributed by atoms with Crippen molar-refractivity contribution < 1.29 is 19.4 Å². The first-order valence-electron chi connectivity index (χ1n) is 22.2. The molecule has 2 atom stereocenters. The van der Waals surface area contributed by atoms with Gasteiger partial charge in [0.25, 0.3) is 0 Å². The fourth-order valence-corrected chi connectivity index (χ4v) is 7.05. The van der Waals surface area contributed by atoms with Crippen molar-refractivity contribution in [1.29, 1.82) is 0 Å². The summed E-state index contributed by atoms with van der Waals surface area (Å²) < 4.78 is 12.1. The molecule has 0 bridgehead atoms. The smallest absolute Gasteiger partial charge is 0.308 e. The number of aliphatic hydroxyl groups is 1. The quantitative estimate of drug-likeness (QED) is 0.0509. The van der Waals surface area contributed by atoms with Crippen LogP contribution in [0.2, 0.25) is 0 Å². The molecule has 294 valence electrons. The molecule has 49 heavy (non-hydrogen) atoms. The van der Waals surface area contributed by atoms with Gasteiger partial charge in [-0.2, -0.15) is 0 Å². The van der Waals surface area contributed by atoms with Crippen LogP contribution in [0.4, 0.5) is 0 Å². The molecule has 0 heterocycles. The third-order valence-corrected chi connectivity index (χ3v) is 10.4. The minimum atomic E-state index is 0.0556. The average molecular weight is 696 g/mol. The Balaban J connectivity index is 4.45. The lowest BCUT2D eigenvalue weighted by Gasteiger charge is -2.22. The highest BCUT2D eigenvalue weighted by Gasteiger charge is 2.19. The molecule has 0 fully saturated rings. The second kappa shape index (κ2) is 40.1. The van der Waals surface area contributed by atoms with Gasteiger partial charge in [-0.15, -0.1) is 0 Å². The molecule has 0 saturated heterocycles. The van der Waals surface area contributed by atoms with E-state index in [4.69, 9.17) is 9.47 Å². The number of nitrogens with zero attached hydrogens (tertiary/aromatic N) is 1. The van der Waals surface area contributed by atoms with E-state index < -0.39 is 0 Å². The summed E-state index contributed by atoms with van der Waals surface area (Å²) in [6, 6.07) is 0. The molecule has 1 N–H and O–H groups in total. The van der Waals surface area contributed by atoms with E-state index in [1.807, 2.05) is 0 Å². The first-order valence-corrected chi connectivity index (χ1v) is 22.2. The molecule has 0 aromatic carbocycles. The predicted octanol–water partition coefficient (Wildman–Crippen LogP) is 12.9. The number of hydrogen-bond acceptors (Lipinski definition) is 5. The average Bonchev–Trinajstić information content (AvgIpc) is 3.11. The highest BCUT2D eigenvalue weighted by molar-refractivity contribution is 5.72. The second-order valence-electron chi connectivity index (χ2n) is 15.3. The molecular weight excluding hydrogens is 606 g/mol. The van der Waals surface area contributed by atoms with Gasteiger partial charge in [0.1, 0.15) is 0 Å². The molecule has 0 aliphatic carbocycles. The van der Waals surface area contributed by atoms with Crippen LogP contribution in [0.5, 0.6) is 0 Å². The Morgan fingerprint density at radius 3 is 1.39 bits per heavy atom. The molecule has 0 radical (unpaired) electrons. The lowest BCUT2D eigenvalue weighted by atomic mass is 9.94. The Morgan fingerprint density at radius 1 is 0.490 bits per heavy atom. The molecule has 0 rings (SSSR count). The van der Waals surface area contributed by atoms with E-state index in [1.54, 1.807) is 0 Å². The Bertz CT molecular complexity index is 644. The van der Waals surface area contributed by atoms with Crippen molar-refractivity contribution in [1.82, 2.24) is 4.90 Å². The van der Waals surface area contributed by atoms with E-state index in [0.29, 0.717) is 6.61 Å². The molecule has 0 aromatic heterocycles. The van der Waals surface area contributed by atoms with Crippen molar-refractivity contribution in [2.75, 3.05) is 46.1 Å². The van der Waals surface area contributed by atoms with Crippen molar-refractivity contribution in [3.8, 4) is 0 Å². The van der Waals surface area contributed by atoms with E-state index in [9.17, 15) is 9.90 Å². The van der Waals surface area contributed by atoms with E-state index in [0.717, 1.165) is 103 Å². The first-order chi connectivity index (χ1) is 24.1. The molecule has 0 spiro atoms. The van der Waals surface area contributed by atoms with Crippen molar-refractivity contribution in [2.24, 2.45) is 11.8 Å². The lowest BCUT2D eigenvalue weighted by molar-refractivity contribution is -0.149. The summed E-state index contributed by atoms with van der Waals surface area (Å²) >= 11 is 0. The van der Waals surface area contributed by atoms with Gasteiger partial charge in [0.15, 0.2) is 0 Å². The summed E-state index contributed by atoms with van der Waals surface area (Å²) in [5, 5.41) is 9.32. The van der Waals surface area contributed by atoms with Crippen molar-refractivity contribution >= 4 is 5.97 Å². The third-order valence-electron chi connectivity index (χ3n) is 10.4. The van der Waals surface area contributed by atoms with Gasteiger partial charge >= 0.3 is 5.97 Å². The van der Waals surface area contributed by atoms with Gasteiger partial charge in [-0.05, 0) is 89.8 Å². The Labute approximate surface area is 307 Å². The number of carbonyl (C=O) groups excluding carboxylic acids is 1. The number of hydrogen-bond donors (Lipinski definition) is 1. The number of carbonyl (C=O) groups is 1. The molecule has 0 aliphatic rings. The van der Waals surface area contributed by atoms with Crippen LogP contribution in [0.3, 0.4) is 0 Å². The van der Waals surface area contributed by atoms with Crippen LogP contribution in [0.25, 0.3) is 0 Å². The number of unbranched alkanes of at least 4 members (excludes halogenated alkanes) is 19.